The minimum absolute atomic E-state index is 0.104. The molecule has 0 aliphatic carbocycles. The van der Waals surface area contributed by atoms with Crippen molar-refractivity contribution in [3.05, 3.63) is 53.1 Å². The highest BCUT2D eigenvalue weighted by Crippen LogP contribution is 2.31. The van der Waals surface area contributed by atoms with E-state index in [9.17, 15) is 9.59 Å². The summed E-state index contributed by atoms with van der Waals surface area (Å²) in [5.74, 6) is 0.244. The van der Waals surface area contributed by atoms with E-state index in [1.54, 1.807) is 13.0 Å². The van der Waals surface area contributed by atoms with Crippen LogP contribution >= 0.6 is 0 Å². The van der Waals surface area contributed by atoms with E-state index in [2.05, 4.69) is 0 Å². The number of rotatable bonds is 6. The van der Waals surface area contributed by atoms with Gasteiger partial charge in [-0.1, -0.05) is 18.2 Å². The summed E-state index contributed by atoms with van der Waals surface area (Å²) in [6.07, 6.45) is 0.838. The van der Waals surface area contributed by atoms with Crippen LogP contribution < -0.4 is 4.74 Å². The molecule has 0 saturated heterocycles. The highest BCUT2D eigenvalue weighted by molar-refractivity contribution is 5.80. The second-order valence-electron chi connectivity index (χ2n) is 5.27. The lowest BCUT2D eigenvalue weighted by Gasteiger charge is -2.14. The van der Waals surface area contributed by atoms with Crippen LogP contribution in [-0.4, -0.2) is 25.5 Å². The first-order valence-electron chi connectivity index (χ1n) is 7.50. The summed E-state index contributed by atoms with van der Waals surface area (Å²) in [7, 11) is 0. The maximum absolute atomic E-state index is 11.4. The zero-order chi connectivity index (χ0) is 16.8. The number of ether oxygens (including phenoxy) is 2. The summed E-state index contributed by atoms with van der Waals surface area (Å²) in [5.41, 5.74) is 4.74. The van der Waals surface area contributed by atoms with Crippen molar-refractivity contribution >= 4 is 12.3 Å². The summed E-state index contributed by atoms with van der Waals surface area (Å²) in [6, 6.07) is 11.2. The molecule has 4 heteroatoms. The van der Waals surface area contributed by atoms with Crippen LogP contribution in [0, 0.1) is 13.8 Å². The van der Waals surface area contributed by atoms with Gasteiger partial charge < -0.3 is 9.47 Å². The van der Waals surface area contributed by atoms with Gasteiger partial charge in [-0.05, 0) is 61.2 Å². The minimum atomic E-state index is -0.384. The monoisotopic (exact) mass is 312 g/mol. The molecule has 0 radical (unpaired) electrons. The first-order chi connectivity index (χ1) is 11.0. The number of hydrogen-bond acceptors (Lipinski definition) is 4. The number of esters is 1. The van der Waals surface area contributed by atoms with Gasteiger partial charge in [-0.15, -0.1) is 0 Å². The Balaban J connectivity index is 2.26. The molecule has 0 aliphatic rings. The Morgan fingerprint density at radius 2 is 1.83 bits per heavy atom. The van der Waals surface area contributed by atoms with Crippen molar-refractivity contribution < 1.29 is 19.1 Å². The first kappa shape index (κ1) is 16.7. The molecule has 0 bridgehead atoms. The Morgan fingerprint density at radius 1 is 1.13 bits per heavy atom. The van der Waals surface area contributed by atoms with Gasteiger partial charge in [0.25, 0.3) is 0 Å². The molecule has 0 unspecified atom stereocenters. The predicted octanol–water partition coefficient (Wildman–Crippen LogP) is 3.72. The molecule has 120 valence electrons. The average Bonchev–Trinajstić information content (AvgIpc) is 2.53. The second-order valence-corrected chi connectivity index (χ2v) is 5.27. The summed E-state index contributed by atoms with van der Waals surface area (Å²) in [6.45, 7) is 5.95. The SMILES string of the molecule is CCOC(=O)COc1cc(C)c(-c2cccc(C=O)c2)c(C)c1. The van der Waals surface area contributed by atoms with Crippen molar-refractivity contribution in [1.82, 2.24) is 0 Å². The molecule has 0 N–H and O–H groups in total. The number of aryl methyl sites for hydroxylation is 2. The molecule has 23 heavy (non-hydrogen) atoms. The summed E-state index contributed by atoms with van der Waals surface area (Å²) in [5, 5.41) is 0. The van der Waals surface area contributed by atoms with Crippen LogP contribution in [0.5, 0.6) is 5.75 Å². The van der Waals surface area contributed by atoms with Crippen LogP contribution in [0.15, 0.2) is 36.4 Å². The quantitative estimate of drug-likeness (QED) is 0.602. The Morgan fingerprint density at radius 3 is 2.43 bits per heavy atom. The third kappa shape index (κ3) is 4.19. The molecule has 0 fully saturated rings. The molecule has 0 aliphatic heterocycles. The van der Waals surface area contributed by atoms with Crippen molar-refractivity contribution in [3.63, 3.8) is 0 Å². The Labute approximate surface area is 136 Å². The molecule has 0 spiro atoms. The highest BCUT2D eigenvalue weighted by Gasteiger charge is 2.10. The van der Waals surface area contributed by atoms with E-state index >= 15 is 0 Å². The van der Waals surface area contributed by atoms with Crippen molar-refractivity contribution in [3.8, 4) is 16.9 Å². The van der Waals surface area contributed by atoms with E-state index in [1.165, 1.54) is 0 Å². The van der Waals surface area contributed by atoms with Crippen LogP contribution in [-0.2, 0) is 9.53 Å². The Kier molecular flexibility index (Phi) is 5.52. The lowest BCUT2D eigenvalue weighted by Crippen LogP contribution is -2.14. The van der Waals surface area contributed by atoms with E-state index in [0.29, 0.717) is 17.9 Å². The van der Waals surface area contributed by atoms with Gasteiger partial charge in [-0.25, -0.2) is 4.79 Å². The third-order valence-corrected chi connectivity index (χ3v) is 3.48. The molecule has 0 amide bonds. The number of carbonyl (C=O) groups excluding carboxylic acids is 2. The van der Waals surface area contributed by atoms with Gasteiger partial charge in [0.15, 0.2) is 6.61 Å². The zero-order valence-electron chi connectivity index (χ0n) is 13.6. The second kappa shape index (κ2) is 7.58. The molecule has 0 saturated carbocycles. The minimum Gasteiger partial charge on any atom is -0.482 e. The Hall–Kier alpha value is -2.62. The fourth-order valence-electron chi connectivity index (χ4n) is 2.57. The van der Waals surface area contributed by atoms with Crippen LogP contribution in [0.3, 0.4) is 0 Å². The molecular weight excluding hydrogens is 292 g/mol. The van der Waals surface area contributed by atoms with Gasteiger partial charge >= 0.3 is 5.97 Å². The molecule has 2 rings (SSSR count). The fraction of sp³-hybridized carbons (Fsp3) is 0.263. The van der Waals surface area contributed by atoms with Crippen molar-refractivity contribution in [2.75, 3.05) is 13.2 Å². The standard InChI is InChI=1S/C19H20O4/c1-4-22-18(21)12-23-17-8-13(2)19(14(3)9-17)16-7-5-6-15(10-16)11-20/h5-11H,4,12H2,1-3H3. The van der Waals surface area contributed by atoms with Gasteiger partial charge in [0, 0.05) is 5.56 Å². The van der Waals surface area contributed by atoms with Crippen LogP contribution in [0.25, 0.3) is 11.1 Å². The molecule has 4 nitrogen and oxygen atoms in total. The zero-order valence-corrected chi connectivity index (χ0v) is 13.6. The van der Waals surface area contributed by atoms with Crippen LogP contribution in [0.2, 0.25) is 0 Å². The van der Waals surface area contributed by atoms with Crippen LogP contribution in [0.4, 0.5) is 0 Å². The normalized spacial score (nSPS) is 10.2. The lowest BCUT2D eigenvalue weighted by atomic mass is 9.94. The molecule has 0 aromatic heterocycles. The third-order valence-electron chi connectivity index (χ3n) is 3.48. The van der Waals surface area contributed by atoms with Crippen molar-refractivity contribution in [1.29, 1.82) is 0 Å². The summed E-state index contributed by atoms with van der Waals surface area (Å²) < 4.78 is 10.3. The maximum Gasteiger partial charge on any atom is 0.344 e. The summed E-state index contributed by atoms with van der Waals surface area (Å²) >= 11 is 0. The maximum atomic E-state index is 11.4. The molecule has 0 heterocycles. The van der Waals surface area contributed by atoms with Gasteiger partial charge in [0.05, 0.1) is 6.61 Å². The molecular formula is C19H20O4. The number of benzene rings is 2. The number of aldehydes is 1. The van der Waals surface area contributed by atoms with Gasteiger partial charge in [0.1, 0.15) is 12.0 Å². The number of hydrogen-bond donors (Lipinski definition) is 0. The van der Waals surface area contributed by atoms with Gasteiger partial charge in [-0.2, -0.15) is 0 Å². The fourth-order valence-corrected chi connectivity index (χ4v) is 2.57. The molecule has 2 aromatic rings. The Bertz CT molecular complexity index is 696. The van der Waals surface area contributed by atoms with Gasteiger partial charge in [-0.3, -0.25) is 4.79 Å². The van der Waals surface area contributed by atoms with E-state index in [0.717, 1.165) is 28.5 Å². The van der Waals surface area contributed by atoms with Crippen molar-refractivity contribution in [2.24, 2.45) is 0 Å². The topological polar surface area (TPSA) is 52.6 Å². The summed E-state index contributed by atoms with van der Waals surface area (Å²) in [4.78, 5) is 22.3. The van der Waals surface area contributed by atoms with Crippen molar-refractivity contribution in [2.45, 2.75) is 20.8 Å². The van der Waals surface area contributed by atoms with E-state index in [-0.39, 0.29) is 12.6 Å². The smallest absolute Gasteiger partial charge is 0.344 e. The largest absolute Gasteiger partial charge is 0.482 e. The first-order valence-corrected chi connectivity index (χ1v) is 7.50. The van der Waals surface area contributed by atoms with Crippen LogP contribution in [0.1, 0.15) is 28.4 Å². The predicted molar refractivity (Wildman–Crippen MR) is 88.9 cm³/mol. The van der Waals surface area contributed by atoms with E-state index in [4.69, 9.17) is 9.47 Å². The van der Waals surface area contributed by atoms with E-state index in [1.807, 2.05) is 44.2 Å². The lowest BCUT2D eigenvalue weighted by molar-refractivity contribution is -0.145. The molecule has 0 atom stereocenters. The average molecular weight is 312 g/mol. The van der Waals surface area contributed by atoms with Gasteiger partial charge in [0.2, 0.25) is 0 Å². The van der Waals surface area contributed by atoms with E-state index < -0.39 is 0 Å². The number of carbonyl (C=O) groups is 2. The highest BCUT2D eigenvalue weighted by atomic mass is 16.6. The molecule has 2 aromatic carbocycles.